The van der Waals surface area contributed by atoms with Crippen molar-refractivity contribution in [2.24, 2.45) is 0 Å². The predicted molar refractivity (Wildman–Crippen MR) is 98.1 cm³/mol. The Morgan fingerprint density at radius 3 is 2.64 bits per heavy atom. The zero-order chi connectivity index (χ0) is 19.9. The van der Waals surface area contributed by atoms with Gasteiger partial charge in [-0.3, -0.25) is 4.79 Å². The lowest BCUT2D eigenvalue weighted by molar-refractivity contribution is 0.102. The number of benzene rings is 1. The van der Waals surface area contributed by atoms with Crippen LogP contribution in [-0.2, 0) is 4.74 Å². The minimum Gasteiger partial charge on any atom is -0.434 e. The Morgan fingerprint density at radius 1 is 1.21 bits per heavy atom. The second kappa shape index (κ2) is 8.46. The van der Waals surface area contributed by atoms with Crippen molar-refractivity contribution in [1.82, 2.24) is 14.8 Å². The molecule has 2 heterocycles. The Bertz CT molecular complexity index is 1020. The molecule has 0 bridgehead atoms. The number of amides is 1. The van der Waals surface area contributed by atoms with Crippen LogP contribution >= 0.6 is 0 Å². The predicted octanol–water partition coefficient (Wildman–Crippen LogP) is 2.93. The molecule has 0 radical (unpaired) electrons. The number of pyridine rings is 1. The summed E-state index contributed by atoms with van der Waals surface area (Å²) in [6, 6.07) is 13.1. The van der Waals surface area contributed by atoms with Crippen molar-refractivity contribution in [3.8, 4) is 17.6 Å². The molecule has 3 aromatic rings. The number of carbonyl (C=O) groups is 2. The quantitative estimate of drug-likeness (QED) is 0.536. The number of aromatic nitrogens is 3. The Hall–Kier alpha value is -4.19. The number of nitriles is 1. The summed E-state index contributed by atoms with van der Waals surface area (Å²) in [6.45, 7) is 1.87. The molecule has 0 aliphatic carbocycles. The highest BCUT2D eigenvalue weighted by molar-refractivity contribution is 6.04. The third-order valence-corrected chi connectivity index (χ3v) is 3.57. The molecule has 1 aromatic carbocycles. The third-order valence-electron chi connectivity index (χ3n) is 3.57. The first-order chi connectivity index (χ1) is 13.6. The summed E-state index contributed by atoms with van der Waals surface area (Å²) < 4.78 is 11.0. The van der Waals surface area contributed by atoms with E-state index in [2.05, 4.69) is 20.1 Å². The van der Waals surface area contributed by atoms with Crippen LogP contribution in [0.2, 0.25) is 0 Å². The first kappa shape index (κ1) is 18.6. The van der Waals surface area contributed by atoms with Crippen LogP contribution in [0, 0.1) is 11.3 Å². The van der Waals surface area contributed by atoms with Gasteiger partial charge in [-0.25, -0.2) is 9.78 Å². The van der Waals surface area contributed by atoms with Crippen molar-refractivity contribution in [1.29, 1.82) is 5.26 Å². The smallest absolute Gasteiger partial charge is 0.434 e. The van der Waals surface area contributed by atoms with Gasteiger partial charge in [-0.1, -0.05) is 6.07 Å². The molecule has 0 saturated heterocycles. The normalized spacial score (nSPS) is 10.0. The molecule has 0 saturated carbocycles. The van der Waals surface area contributed by atoms with Gasteiger partial charge in [-0.05, 0) is 43.3 Å². The molecule has 1 N–H and O–H groups in total. The molecule has 0 aliphatic heterocycles. The topological polar surface area (TPSA) is 119 Å². The summed E-state index contributed by atoms with van der Waals surface area (Å²) in [7, 11) is 0. The molecule has 9 heteroatoms. The van der Waals surface area contributed by atoms with Gasteiger partial charge in [0.25, 0.3) is 5.91 Å². The maximum absolute atomic E-state index is 12.6. The highest BCUT2D eigenvalue weighted by Gasteiger charge is 2.17. The monoisotopic (exact) mass is 377 g/mol. The second-order valence-electron chi connectivity index (χ2n) is 5.38. The molecule has 3 rings (SSSR count). The number of anilines is 1. The summed E-state index contributed by atoms with van der Waals surface area (Å²) in [4.78, 5) is 28.1. The number of rotatable bonds is 5. The van der Waals surface area contributed by atoms with Crippen LogP contribution in [0.5, 0.6) is 5.75 Å². The number of ether oxygens (including phenoxy) is 2. The summed E-state index contributed by atoms with van der Waals surface area (Å²) in [5.41, 5.74) is 0.495. The van der Waals surface area contributed by atoms with Crippen LogP contribution in [0.25, 0.3) is 5.82 Å². The van der Waals surface area contributed by atoms with E-state index in [4.69, 9.17) is 4.74 Å². The van der Waals surface area contributed by atoms with Crippen LogP contribution in [0.4, 0.5) is 10.6 Å². The van der Waals surface area contributed by atoms with Gasteiger partial charge in [-0.2, -0.15) is 15.0 Å². The van der Waals surface area contributed by atoms with Gasteiger partial charge in [0.15, 0.2) is 11.6 Å². The number of nitrogens with zero attached hydrogens (tertiary/aromatic N) is 4. The van der Waals surface area contributed by atoms with Crippen molar-refractivity contribution in [2.75, 3.05) is 11.9 Å². The van der Waals surface area contributed by atoms with Gasteiger partial charge in [0.05, 0.1) is 12.8 Å². The van der Waals surface area contributed by atoms with E-state index in [-0.39, 0.29) is 23.7 Å². The molecular formula is C19H15N5O4. The SMILES string of the molecule is CCOC(=O)Oc1ccc(C(=O)Nc2c(C#N)cnn2-c2ccccn2)cc1. The molecule has 0 fully saturated rings. The summed E-state index contributed by atoms with van der Waals surface area (Å²) >= 11 is 0. The Balaban J connectivity index is 1.79. The average Bonchev–Trinajstić information content (AvgIpc) is 3.12. The van der Waals surface area contributed by atoms with Crippen LogP contribution < -0.4 is 10.1 Å². The Labute approximate surface area is 160 Å². The maximum atomic E-state index is 12.6. The molecule has 9 nitrogen and oxygen atoms in total. The molecule has 140 valence electrons. The van der Waals surface area contributed by atoms with Gasteiger partial charge in [0.2, 0.25) is 0 Å². The van der Waals surface area contributed by atoms with Crippen LogP contribution in [0.1, 0.15) is 22.8 Å². The van der Waals surface area contributed by atoms with Crippen molar-refractivity contribution in [3.05, 3.63) is 66.0 Å². The highest BCUT2D eigenvalue weighted by Crippen LogP contribution is 2.20. The zero-order valence-corrected chi connectivity index (χ0v) is 14.8. The minimum absolute atomic E-state index is 0.196. The average molecular weight is 377 g/mol. The fourth-order valence-electron chi connectivity index (χ4n) is 2.30. The largest absolute Gasteiger partial charge is 0.513 e. The first-order valence-electron chi connectivity index (χ1n) is 8.28. The van der Waals surface area contributed by atoms with E-state index in [1.165, 1.54) is 35.1 Å². The molecule has 0 unspecified atom stereocenters. The van der Waals surface area contributed by atoms with Gasteiger partial charge in [0, 0.05) is 11.8 Å². The summed E-state index contributed by atoms with van der Waals surface area (Å²) in [6.07, 6.45) is 2.11. The molecule has 0 aliphatic rings. The lowest BCUT2D eigenvalue weighted by Crippen LogP contribution is -2.16. The number of carbonyl (C=O) groups excluding carboxylic acids is 2. The van der Waals surface area contributed by atoms with E-state index in [9.17, 15) is 14.9 Å². The molecule has 2 aromatic heterocycles. The van der Waals surface area contributed by atoms with E-state index in [1.54, 1.807) is 31.3 Å². The standard InChI is InChI=1S/C19H15N5O4/c1-2-27-19(26)28-15-8-6-13(7-9-15)18(25)23-17-14(11-20)12-22-24(17)16-5-3-4-10-21-16/h3-10,12H,2H2,1H3,(H,23,25). The minimum atomic E-state index is -0.822. The van der Waals surface area contributed by atoms with Crippen LogP contribution in [0.15, 0.2) is 54.9 Å². The van der Waals surface area contributed by atoms with Gasteiger partial charge < -0.3 is 14.8 Å². The Kier molecular flexibility index (Phi) is 5.62. The van der Waals surface area contributed by atoms with E-state index < -0.39 is 12.1 Å². The van der Waals surface area contributed by atoms with E-state index in [1.807, 2.05) is 6.07 Å². The summed E-state index contributed by atoms with van der Waals surface area (Å²) in [5.74, 6) is 0.443. The lowest BCUT2D eigenvalue weighted by atomic mass is 10.2. The summed E-state index contributed by atoms with van der Waals surface area (Å²) in [5, 5.41) is 16.1. The van der Waals surface area contributed by atoms with Crippen molar-refractivity contribution >= 4 is 17.9 Å². The van der Waals surface area contributed by atoms with Crippen LogP contribution in [0.3, 0.4) is 0 Å². The fourth-order valence-corrected chi connectivity index (χ4v) is 2.30. The Morgan fingerprint density at radius 2 is 2.00 bits per heavy atom. The molecule has 28 heavy (non-hydrogen) atoms. The number of nitrogens with one attached hydrogen (secondary N) is 1. The van der Waals surface area contributed by atoms with Gasteiger partial charge in [-0.15, -0.1) is 0 Å². The van der Waals surface area contributed by atoms with E-state index >= 15 is 0 Å². The third kappa shape index (κ3) is 4.13. The molecule has 0 atom stereocenters. The number of hydrogen-bond acceptors (Lipinski definition) is 7. The zero-order valence-electron chi connectivity index (χ0n) is 14.8. The van der Waals surface area contributed by atoms with Gasteiger partial charge >= 0.3 is 6.16 Å². The highest BCUT2D eigenvalue weighted by atomic mass is 16.7. The first-order valence-corrected chi connectivity index (χ1v) is 8.28. The second-order valence-corrected chi connectivity index (χ2v) is 5.38. The van der Waals surface area contributed by atoms with Crippen molar-refractivity contribution in [3.63, 3.8) is 0 Å². The van der Waals surface area contributed by atoms with E-state index in [0.29, 0.717) is 11.4 Å². The van der Waals surface area contributed by atoms with E-state index in [0.717, 1.165) is 0 Å². The lowest BCUT2D eigenvalue weighted by Gasteiger charge is -2.09. The molecule has 0 spiro atoms. The van der Waals surface area contributed by atoms with Gasteiger partial charge in [0.1, 0.15) is 17.4 Å². The fraction of sp³-hybridized carbons (Fsp3) is 0.105. The maximum Gasteiger partial charge on any atom is 0.513 e. The molecular weight excluding hydrogens is 362 g/mol. The molecule has 1 amide bonds. The number of hydrogen-bond donors (Lipinski definition) is 1. The van der Waals surface area contributed by atoms with Crippen molar-refractivity contribution < 1.29 is 19.1 Å². The van der Waals surface area contributed by atoms with Crippen LogP contribution in [-0.4, -0.2) is 33.4 Å². The van der Waals surface area contributed by atoms with Crippen molar-refractivity contribution in [2.45, 2.75) is 6.92 Å².